The highest BCUT2D eigenvalue weighted by Crippen LogP contribution is 2.36. The number of hydrogen-bond acceptors (Lipinski definition) is 2. The lowest BCUT2D eigenvalue weighted by atomic mass is 10.1. The van der Waals surface area contributed by atoms with Gasteiger partial charge < -0.3 is 9.88 Å². The van der Waals surface area contributed by atoms with E-state index >= 15 is 0 Å². The first-order valence-electron chi connectivity index (χ1n) is 5.44. The van der Waals surface area contributed by atoms with Gasteiger partial charge in [0.15, 0.2) is 0 Å². The number of aromatic nitrogens is 2. The summed E-state index contributed by atoms with van der Waals surface area (Å²) in [4.78, 5) is 3.90. The van der Waals surface area contributed by atoms with Crippen molar-refractivity contribution in [2.45, 2.75) is 12.7 Å². The molecule has 0 bridgehead atoms. The van der Waals surface area contributed by atoms with Crippen molar-refractivity contribution >= 4 is 17.3 Å². The molecule has 0 atom stereocenters. The molecule has 2 aromatic rings. The number of rotatable bonds is 3. The molecule has 0 unspecified atom stereocenters. The van der Waals surface area contributed by atoms with Gasteiger partial charge in [-0.3, -0.25) is 0 Å². The van der Waals surface area contributed by atoms with E-state index in [9.17, 15) is 13.2 Å². The highest BCUT2D eigenvalue weighted by Gasteiger charge is 2.33. The van der Waals surface area contributed by atoms with Crippen molar-refractivity contribution in [2.75, 3.05) is 5.32 Å². The number of halogens is 4. The molecule has 19 heavy (non-hydrogen) atoms. The second-order valence-corrected chi connectivity index (χ2v) is 4.47. The van der Waals surface area contributed by atoms with Gasteiger partial charge in [-0.1, -0.05) is 11.6 Å². The van der Waals surface area contributed by atoms with Crippen LogP contribution in [0, 0.1) is 0 Å². The normalized spacial score (nSPS) is 11.6. The minimum atomic E-state index is -4.44. The van der Waals surface area contributed by atoms with Crippen LogP contribution in [0.25, 0.3) is 0 Å². The largest absolute Gasteiger partial charge is 0.418 e. The maximum Gasteiger partial charge on any atom is 0.418 e. The Balaban J connectivity index is 2.23. The van der Waals surface area contributed by atoms with Crippen LogP contribution < -0.4 is 5.32 Å². The van der Waals surface area contributed by atoms with Crippen LogP contribution in [-0.4, -0.2) is 9.55 Å². The highest BCUT2D eigenvalue weighted by atomic mass is 35.5. The fourth-order valence-electron chi connectivity index (χ4n) is 1.65. The topological polar surface area (TPSA) is 29.9 Å². The van der Waals surface area contributed by atoms with Crippen LogP contribution in [-0.2, 0) is 19.8 Å². The molecule has 0 amide bonds. The summed E-state index contributed by atoms with van der Waals surface area (Å²) < 4.78 is 40.3. The highest BCUT2D eigenvalue weighted by molar-refractivity contribution is 6.30. The molecule has 1 heterocycles. The van der Waals surface area contributed by atoms with E-state index in [4.69, 9.17) is 11.6 Å². The number of benzene rings is 1. The van der Waals surface area contributed by atoms with Crippen molar-refractivity contribution in [3.8, 4) is 0 Å². The number of imidazole rings is 1. The van der Waals surface area contributed by atoms with Gasteiger partial charge in [0.2, 0.25) is 0 Å². The van der Waals surface area contributed by atoms with Crippen LogP contribution in [0.5, 0.6) is 0 Å². The lowest BCUT2D eigenvalue weighted by molar-refractivity contribution is -0.136. The van der Waals surface area contributed by atoms with E-state index in [-0.39, 0.29) is 17.3 Å². The Labute approximate surface area is 113 Å². The van der Waals surface area contributed by atoms with Crippen LogP contribution in [0.15, 0.2) is 30.7 Å². The zero-order valence-corrected chi connectivity index (χ0v) is 10.8. The van der Waals surface area contributed by atoms with Gasteiger partial charge in [-0.2, -0.15) is 13.2 Å². The van der Waals surface area contributed by atoms with Crippen molar-refractivity contribution in [1.29, 1.82) is 0 Å². The third-order valence-corrected chi connectivity index (χ3v) is 2.90. The molecular weight excluding hydrogens is 279 g/mol. The van der Waals surface area contributed by atoms with Gasteiger partial charge in [0, 0.05) is 24.0 Å². The maximum absolute atomic E-state index is 12.9. The van der Waals surface area contributed by atoms with Crippen molar-refractivity contribution in [3.63, 3.8) is 0 Å². The molecule has 0 saturated heterocycles. The Kier molecular flexibility index (Phi) is 3.71. The predicted octanol–water partition coefficient (Wildman–Crippen LogP) is 3.70. The van der Waals surface area contributed by atoms with Gasteiger partial charge in [-0.05, 0) is 18.2 Å². The number of aryl methyl sites for hydroxylation is 1. The van der Waals surface area contributed by atoms with Crippen LogP contribution in [0.1, 0.15) is 11.3 Å². The zero-order chi connectivity index (χ0) is 14.0. The van der Waals surface area contributed by atoms with Gasteiger partial charge in [0.25, 0.3) is 0 Å². The van der Waals surface area contributed by atoms with E-state index in [1.54, 1.807) is 24.1 Å². The third-order valence-electron chi connectivity index (χ3n) is 2.66. The van der Waals surface area contributed by atoms with Crippen LogP contribution >= 0.6 is 11.6 Å². The Morgan fingerprint density at radius 1 is 1.37 bits per heavy atom. The molecule has 0 aliphatic carbocycles. The molecule has 1 aromatic carbocycles. The molecule has 7 heteroatoms. The minimum absolute atomic E-state index is 0.00176. The van der Waals surface area contributed by atoms with E-state index < -0.39 is 11.7 Å². The first-order chi connectivity index (χ1) is 8.88. The summed E-state index contributed by atoms with van der Waals surface area (Å²) in [6.07, 6.45) is -1.26. The molecule has 0 radical (unpaired) electrons. The molecule has 3 nitrogen and oxygen atoms in total. The Hall–Kier alpha value is -1.69. The molecule has 2 rings (SSSR count). The average molecular weight is 290 g/mol. The molecule has 0 saturated carbocycles. The molecule has 0 aliphatic rings. The van der Waals surface area contributed by atoms with Crippen LogP contribution in [0.3, 0.4) is 0 Å². The van der Waals surface area contributed by atoms with Crippen LogP contribution in [0.4, 0.5) is 18.9 Å². The van der Waals surface area contributed by atoms with Crippen molar-refractivity contribution < 1.29 is 13.2 Å². The standard InChI is InChI=1S/C12H11ClF3N3/c1-19-7-17-5-9(19)6-18-11-3-2-8(13)4-10(11)12(14,15)16/h2-5,7,18H,6H2,1H3. The first kappa shape index (κ1) is 13.7. The Morgan fingerprint density at radius 2 is 2.11 bits per heavy atom. The van der Waals surface area contributed by atoms with Crippen molar-refractivity contribution in [2.24, 2.45) is 7.05 Å². The molecule has 102 valence electrons. The van der Waals surface area contributed by atoms with E-state index in [1.165, 1.54) is 12.1 Å². The second-order valence-electron chi connectivity index (χ2n) is 4.04. The molecule has 0 fully saturated rings. The average Bonchev–Trinajstić information content (AvgIpc) is 2.72. The van der Waals surface area contributed by atoms with Crippen molar-refractivity contribution in [1.82, 2.24) is 9.55 Å². The summed E-state index contributed by atoms with van der Waals surface area (Å²) in [7, 11) is 1.77. The quantitative estimate of drug-likeness (QED) is 0.933. The maximum atomic E-state index is 12.9. The first-order valence-corrected chi connectivity index (χ1v) is 5.81. The summed E-state index contributed by atoms with van der Waals surface area (Å²) in [6, 6.07) is 3.65. The minimum Gasteiger partial charge on any atom is -0.379 e. The molecule has 0 spiro atoms. The summed E-state index contributed by atoms with van der Waals surface area (Å²) in [5, 5.41) is 2.80. The fourth-order valence-corrected chi connectivity index (χ4v) is 1.82. The summed E-state index contributed by atoms with van der Waals surface area (Å²) >= 11 is 5.61. The van der Waals surface area contributed by atoms with E-state index in [2.05, 4.69) is 10.3 Å². The van der Waals surface area contributed by atoms with E-state index in [0.29, 0.717) is 0 Å². The van der Waals surface area contributed by atoms with E-state index in [0.717, 1.165) is 11.8 Å². The van der Waals surface area contributed by atoms with Gasteiger partial charge in [0.05, 0.1) is 24.1 Å². The van der Waals surface area contributed by atoms with E-state index in [1.807, 2.05) is 0 Å². The van der Waals surface area contributed by atoms with Gasteiger partial charge in [0.1, 0.15) is 0 Å². The molecule has 1 aromatic heterocycles. The molecule has 1 N–H and O–H groups in total. The number of anilines is 1. The second kappa shape index (κ2) is 5.13. The molecule has 0 aliphatic heterocycles. The lowest BCUT2D eigenvalue weighted by Gasteiger charge is -2.15. The smallest absolute Gasteiger partial charge is 0.379 e. The van der Waals surface area contributed by atoms with Crippen LogP contribution in [0.2, 0.25) is 5.02 Å². The third kappa shape index (κ3) is 3.20. The number of nitrogens with one attached hydrogen (secondary N) is 1. The lowest BCUT2D eigenvalue weighted by Crippen LogP contribution is -2.11. The number of hydrogen-bond donors (Lipinski definition) is 1. The van der Waals surface area contributed by atoms with Gasteiger partial charge in [-0.15, -0.1) is 0 Å². The van der Waals surface area contributed by atoms with Gasteiger partial charge >= 0.3 is 6.18 Å². The summed E-state index contributed by atoms with van der Waals surface area (Å²) in [5.41, 5.74) is 0.00310. The molecular formula is C12H11ClF3N3. The van der Waals surface area contributed by atoms with Gasteiger partial charge in [-0.25, -0.2) is 4.98 Å². The monoisotopic (exact) mass is 289 g/mol. The number of alkyl halides is 3. The Morgan fingerprint density at radius 3 is 2.68 bits per heavy atom. The SMILES string of the molecule is Cn1cncc1CNc1ccc(Cl)cc1C(F)(F)F. The predicted molar refractivity (Wildman–Crippen MR) is 67.0 cm³/mol. The number of nitrogens with zero attached hydrogens (tertiary/aromatic N) is 2. The Bertz CT molecular complexity index is 578. The zero-order valence-electron chi connectivity index (χ0n) is 10.0. The summed E-state index contributed by atoms with van der Waals surface area (Å²) in [5.74, 6) is 0. The summed E-state index contributed by atoms with van der Waals surface area (Å²) in [6.45, 7) is 0.251. The van der Waals surface area contributed by atoms with Crippen molar-refractivity contribution in [3.05, 3.63) is 47.0 Å². The fraction of sp³-hybridized carbons (Fsp3) is 0.250.